The molecule has 0 heterocycles. The van der Waals surface area contributed by atoms with Crippen LogP contribution in [0.25, 0.3) is 16.8 Å². The number of nitrogens with zero attached hydrogens (tertiary/aromatic N) is 1. The third-order valence-corrected chi connectivity index (χ3v) is 4.20. The van der Waals surface area contributed by atoms with Gasteiger partial charge in [-0.2, -0.15) is 4.99 Å². The van der Waals surface area contributed by atoms with Crippen LogP contribution in [0.15, 0.2) is 34.8 Å². The van der Waals surface area contributed by atoms with Gasteiger partial charge in [-0.25, -0.2) is 0 Å². The van der Waals surface area contributed by atoms with E-state index in [0.29, 0.717) is 5.92 Å². The third kappa shape index (κ3) is 3.04. The lowest BCUT2D eigenvalue weighted by atomic mass is 9.99. The molecule has 0 N–H and O–H groups in total. The molecule has 2 rings (SSSR count). The number of aliphatic imine (C=N–C) groups is 1. The minimum absolute atomic E-state index is 0.509. The monoisotopic (exact) mass is 309 g/mol. The van der Waals surface area contributed by atoms with Gasteiger partial charge >= 0.3 is 0 Å². The molecule has 0 bridgehead atoms. The smallest absolute Gasteiger partial charge is 0.0804 e. The largest absolute Gasteiger partial charge is 0.194 e. The van der Waals surface area contributed by atoms with Gasteiger partial charge in [-0.15, -0.1) is 0 Å². The minimum Gasteiger partial charge on any atom is -0.194 e. The topological polar surface area (TPSA) is 12.4 Å². The summed E-state index contributed by atoms with van der Waals surface area (Å²) >= 11 is 4.83. The molecule has 0 amide bonds. The molecule has 0 saturated carbocycles. The van der Waals surface area contributed by atoms with Gasteiger partial charge in [0.2, 0.25) is 0 Å². The quantitative estimate of drug-likeness (QED) is 0.473. The summed E-state index contributed by atoms with van der Waals surface area (Å²) in [6, 6.07) is 8.98. The van der Waals surface area contributed by atoms with Crippen LogP contribution < -0.4 is 0 Å². The zero-order valence-corrected chi connectivity index (χ0v) is 15.1. The second-order valence-electron chi connectivity index (χ2n) is 6.40. The van der Waals surface area contributed by atoms with Gasteiger partial charge in [0.15, 0.2) is 0 Å². The summed E-state index contributed by atoms with van der Waals surface area (Å²) in [5.41, 5.74) is 9.73. The Labute approximate surface area is 139 Å². The summed E-state index contributed by atoms with van der Waals surface area (Å²) in [5.74, 6) is 0.509. The molecule has 0 aromatic rings. The Morgan fingerprint density at radius 2 is 1.77 bits per heavy atom. The number of thiocarbonyl (C=S) groups is 1. The highest BCUT2D eigenvalue weighted by Crippen LogP contribution is 2.40. The molecule has 114 valence electrons. The third-order valence-electron chi connectivity index (χ3n) is 4.11. The molecule has 0 aromatic heterocycles. The van der Waals surface area contributed by atoms with Crippen LogP contribution in [0.2, 0.25) is 0 Å². The van der Waals surface area contributed by atoms with Crippen molar-refractivity contribution < 1.29 is 0 Å². The lowest BCUT2D eigenvalue weighted by molar-refractivity contribution is 0.868. The van der Waals surface area contributed by atoms with Crippen molar-refractivity contribution in [3.05, 3.63) is 52.1 Å². The van der Waals surface area contributed by atoms with Gasteiger partial charge in [-0.05, 0) is 85.3 Å². The first-order chi connectivity index (χ1) is 10.4. The highest BCUT2D eigenvalue weighted by Gasteiger charge is 2.19. The van der Waals surface area contributed by atoms with E-state index in [4.69, 9.17) is 12.2 Å². The van der Waals surface area contributed by atoms with Crippen molar-refractivity contribution in [1.29, 1.82) is 0 Å². The maximum Gasteiger partial charge on any atom is 0.0804 e. The molecule has 0 saturated heterocycles. The Morgan fingerprint density at radius 3 is 2.32 bits per heavy atom. The van der Waals surface area contributed by atoms with E-state index in [-0.39, 0.29) is 0 Å². The Hall–Kier alpha value is -1.76. The van der Waals surface area contributed by atoms with Gasteiger partial charge in [-0.1, -0.05) is 32.0 Å². The molecule has 1 nitrogen and oxygen atoms in total. The van der Waals surface area contributed by atoms with Crippen LogP contribution in [0.4, 0.5) is 0 Å². The average molecular weight is 309 g/mol. The maximum atomic E-state index is 4.83. The normalized spacial score (nSPS) is 10.7. The van der Waals surface area contributed by atoms with Gasteiger partial charge in [0.25, 0.3) is 0 Å². The van der Waals surface area contributed by atoms with Crippen molar-refractivity contribution in [2.24, 2.45) is 4.99 Å². The fourth-order valence-corrected chi connectivity index (χ4v) is 2.96. The van der Waals surface area contributed by atoms with Crippen LogP contribution in [0.5, 0.6) is 0 Å². The molecule has 0 fully saturated rings. The number of fused-ring (bicyclic) bond motifs is 1. The van der Waals surface area contributed by atoms with Crippen LogP contribution in [-0.4, -0.2) is 5.16 Å². The summed E-state index contributed by atoms with van der Waals surface area (Å²) in [7, 11) is 0. The number of allylic oxidation sites excluding steroid dienone is 1. The van der Waals surface area contributed by atoms with Gasteiger partial charge in [0.05, 0.1) is 10.9 Å². The Bertz CT molecular complexity index is 758. The van der Waals surface area contributed by atoms with E-state index >= 15 is 0 Å². The van der Waals surface area contributed by atoms with Gasteiger partial charge in [0.1, 0.15) is 0 Å². The van der Waals surface area contributed by atoms with Crippen molar-refractivity contribution >= 4 is 23.1 Å². The van der Waals surface area contributed by atoms with E-state index in [1.165, 1.54) is 27.8 Å². The number of aryl methyl sites for hydroxylation is 2. The van der Waals surface area contributed by atoms with Crippen molar-refractivity contribution in [1.82, 2.24) is 0 Å². The van der Waals surface area contributed by atoms with Crippen LogP contribution >= 0.6 is 12.2 Å². The summed E-state index contributed by atoms with van der Waals surface area (Å²) in [4.78, 5) is 4.32. The van der Waals surface area contributed by atoms with Gasteiger partial charge in [-0.3, -0.25) is 0 Å². The van der Waals surface area contributed by atoms with Crippen LogP contribution in [0.3, 0.4) is 0 Å². The molecule has 0 aliphatic heterocycles. The van der Waals surface area contributed by atoms with Gasteiger partial charge in [0, 0.05) is 5.56 Å². The zero-order valence-electron chi connectivity index (χ0n) is 14.2. The number of hydrogen-bond donors (Lipinski definition) is 0. The zero-order chi connectivity index (χ0) is 16.4. The standard InChI is InChI=1S/C20H23NS/c1-12(2)16-8-7-14(5)19-17(10-16)15(6)9-18(19)20(13(3)4)21-11-22/h7-10,12H,1-6H3. The fraction of sp³-hybridized carbons (Fsp3) is 0.350. The Kier molecular flexibility index (Phi) is 4.95. The number of hydrogen-bond acceptors (Lipinski definition) is 2. The lowest BCUT2D eigenvalue weighted by Crippen LogP contribution is -1.87. The Morgan fingerprint density at radius 1 is 1.09 bits per heavy atom. The highest BCUT2D eigenvalue weighted by atomic mass is 32.1. The predicted molar refractivity (Wildman–Crippen MR) is 99.9 cm³/mol. The van der Waals surface area contributed by atoms with Crippen molar-refractivity contribution in [3.8, 4) is 11.1 Å². The molecule has 2 heteroatoms. The first kappa shape index (κ1) is 16.6. The lowest BCUT2D eigenvalue weighted by Gasteiger charge is -2.07. The van der Waals surface area contributed by atoms with E-state index in [1.54, 1.807) is 0 Å². The molecule has 0 spiro atoms. The minimum atomic E-state index is 0.509. The second-order valence-corrected chi connectivity index (χ2v) is 6.58. The number of isothiocyanates is 1. The molecule has 0 aromatic carbocycles. The van der Waals surface area contributed by atoms with E-state index in [0.717, 1.165) is 16.8 Å². The van der Waals surface area contributed by atoms with Crippen molar-refractivity contribution in [3.63, 3.8) is 0 Å². The summed E-state index contributed by atoms with van der Waals surface area (Å²) < 4.78 is 0. The van der Waals surface area contributed by atoms with Crippen LogP contribution in [-0.2, 0) is 0 Å². The molecule has 0 atom stereocenters. The van der Waals surface area contributed by atoms with E-state index in [2.05, 4.69) is 76.0 Å². The summed E-state index contributed by atoms with van der Waals surface area (Å²) in [5, 5.41) is 2.53. The van der Waals surface area contributed by atoms with Crippen molar-refractivity contribution in [2.75, 3.05) is 0 Å². The van der Waals surface area contributed by atoms with E-state index < -0.39 is 0 Å². The second kappa shape index (κ2) is 6.56. The molecule has 2 aliphatic rings. The molecule has 0 unspecified atom stereocenters. The summed E-state index contributed by atoms with van der Waals surface area (Å²) in [6.07, 6.45) is 0. The van der Waals surface area contributed by atoms with E-state index in [1.807, 2.05) is 0 Å². The average Bonchev–Trinajstić information content (AvgIpc) is 2.64. The number of rotatable bonds is 3. The first-order valence-corrected chi connectivity index (χ1v) is 8.07. The maximum absolute atomic E-state index is 4.83. The SMILES string of the molecule is CC(C)=C(N=C=S)c1cc(C)c2cc(C(C)C)ccc(C)c1-2. The molecule has 2 aliphatic carbocycles. The van der Waals surface area contributed by atoms with Crippen molar-refractivity contribution in [2.45, 2.75) is 47.5 Å². The molecular weight excluding hydrogens is 286 g/mol. The van der Waals surface area contributed by atoms with Crippen LogP contribution in [0.1, 0.15) is 55.9 Å². The van der Waals surface area contributed by atoms with Crippen LogP contribution in [0, 0.1) is 13.8 Å². The highest BCUT2D eigenvalue weighted by molar-refractivity contribution is 7.78. The molecule has 22 heavy (non-hydrogen) atoms. The first-order valence-electron chi connectivity index (χ1n) is 7.66. The summed E-state index contributed by atoms with van der Waals surface area (Å²) in [6.45, 7) is 12.9. The predicted octanol–water partition coefficient (Wildman–Crippen LogP) is 6.39. The van der Waals surface area contributed by atoms with Gasteiger partial charge < -0.3 is 0 Å². The van der Waals surface area contributed by atoms with E-state index in [9.17, 15) is 0 Å². The Balaban J connectivity index is 2.84. The molecule has 0 radical (unpaired) electrons. The fourth-order valence-electron chi connectivity index (χ4n) is 2.87. The molecular formula is C20H23NS.